The van der Waals surface area contributed by atoms with Gasteiger partial charge in [0, 0.05) is 28.5 Å². The fourth-order valence-corrected chi connectivity index (χ4v) is 5.62. The summed E-state index contributed by atoms with van der Waals surface area (Å²) < 4.78 is 7.65. The lowest BCUT2D eigenvalue weighted by molar-refractivity contribution is 0.0524. The predicted octanol–water partition coefficient (Wildman–Crippen LogP) is 5.59. The number of ether oxygens (including phenoxy) is 1. The summed E-state index contributed by atoms with van der Waals surface area (Å²) in [6.07, 6.45) is 3.11. The van der Waals surface area contributed by atoms with E-state index in [9.17, 15) is 4.79 Å². The second-order valence-corrected chi connectivity index (χ2v) is 9.82. The lowest BCUT2D eigenvalue weighted by Crippen LogP contribution is -2.12. The second-order valence-electron chi connectivity index (χ2n) is 7.84. The summed E-state index contributed by atoms with van der Waals surface area (Å²) in [5.74, 6) is 1.22. The number of carbonyl (C=O) groups is 1. The van der Waals surface area contributed by atoms with Gasteiger partial charge in [0.2, 0.25) is 0 Å². The van der Waals surface area contributed by atoms with E-state index in [4.69, 9.17) is 9.72 Å². The normalized spacial score (nSPS) is 13.6. The van der Waals surface area contributed by atoms with Crippen molar-refractivity contribution in [3.8, 4) is 0 Å². The summed E-state index contributed by atoms with van der Waals surface area (Å²) >= 11 is 3.33. The van der Waals surface area contributed by atoms with Crippen LogP contribution in [0.1, 0.15) is 58.1 Å². The minimum atomic E-state index is -0.319. The number of esters is 1. The van der Waals surface area contributed by atoms with E-state index in [0.717, 1.165) is 52.4 Å². The van der Waals surface area contributed by atoms with Crippen LogP contribution < -0.4 is 0 Å². The van der Waals surface area contributed by atoms with Gasteiger partial charge in [-0.1, -0.05) is 36.0 Å². The van der Waals surface area contributed by atoms with Crippen LogP contribution in [0.2, 0.25) is 0 Å². The monoisotopic (exact) mass is 464 g/mol. The molecule has 1 fully saturated rings. The molecular weight excluding hydrogens is 440 g/mol. The molecule has 0 N–H and O–H groups in total. The molecule has 6 nitrogen and oxygen atoms in total. The number of benzene rings is 1. The van der Waals surface area contributed by atoms with Gasteiger partial charge in [-0.15, -0.1) is 21.5 Å². The Kier molecular flexibility index (Phi) is 5.97. The maximum absolute atomic E-state index is 12.8. The van der Waals surface area contributed by atoms with Gasteiger partial charge in [-0.3, -0.25) is 4.98 Å². The molecule has 32 heavy (non-hydrogen) atoms. The topological polar surface area (TPSA) is 69.9 Å². The van der Waals surface area contributed by atoms with Crippen LogP contribution in [-0.4, -0.2) is 32.3 Å². The highest BCUT2D eigenvalue weighted by Gasteiger charge is 2.30. The Bertz CT molecular complexity index is 1260. The molecule has 8 heteroatoms. The van der Waals surface area contributed by atoms with E-state index in [0.29, 0.717) is 24.0 Å². The van der Waals surface area contributed by atoms with Crippen molar-refractivity contribution < 1.29 is 9.53 Å². The van der Waals surface area contributed by atoms with Crippen LogP contribution in [0.15, 0.2) is 46.9 Å². The van der Waals surface area contributed by atoms with Gasteiger partial charge >= 0.3 is 5.97 Å². The van der Waals surface area contributed by atoms with E-state index in [2.05, 4.69) is 32.3 Å². The van der Waals surface area contributed by atoms with E-state index in [1.165, 1.54) is 4.88 Å². The van der Waals surface area contributed by atoms with E-state index < -0.39 is 0 Å². The third-order valence-corrected chi connectivity index (χ3v) is 7.43. The highest BCUT2D eigenvalue weighted by atomic mass is 32.2. The van der Waals surface area contributed by atoms with Crippen LogP contribution in [-0.2, 0) is 16.9 Å². The number of pyridine rings is 1. The first-order valence-corrected chi connectivity index (χ1v) is 12.7. The van der Waals surface area contributed by atoms with Crippen molar-refractivity contribution in [1.82, 2.24) is 19.7 Å². The molecule has 0 saturated heterocycles. The van der Waals surface area contributed by atoms with E-state index >= 15 is 0 Å². The number of hydrogen-bond acceptors (Lipinski definition) is 7. The van der Waals surface area contributed by atoms with Gasteiger partial charge in [0.1, 0.15) is 5.82 Å². The quantitative estimate of drug-likeness (QED) is 0.250. The number of aromatic nitrogens is 4. The van der Waals surface area contributed by atoms with Gasteiger partial charge < -0.3 is 9.30 Å². The molecule has 0 amide bonds. The first-order chi connectivity index (χ1) is 15.7. The van der Waals surface area contributed by atoms with Crippen molar-refractivity contribution in [2.45, 2.75) is 50.1 Å². The maximum atomic E-state index is 12.8. The van der Waals surface area contributed by atoms with E-state index in [1.54, 1.807) is 23.1 Å². The Labute approximate surface area is 195 Å². The first-order valence-electron chi connectivity index (χ1n) is 10.8. The minimum absolute atomic E-state index is 0.319. The molecule has 4 aromatic rings. The van der Waals surface area contributed by atoms with Crippen molar-refractivity contribution in [3.05, 3.63) is 69.3 Å². The zero-order valence-electron chi connectivity index (χ0n) is 18.1. The van der Waals surface area contributed by atoms with Crippen LogP contribution in [0.4, 0.5) is 0 Å². The van der Waals surface area contributed by atoms with Crippen LogP contribution in [0, 0.1) is 6.92 Å². The fraction of sp³-hybridized carbons (Fsp3) is 0.333. The molecule has 0 aliphatic heterocycles. The molecule has 0 atom stereocenters. The van der Waals surface area contributed by atoms with Crippen molar-refractivity contribution in [3.63, 3.8) is 0 Å². The average Bonchev–Trinajstić information content (AvgIpc) is 3.34. The SMILES string of the molecule is CCOC(=O)c1c(CSc2nnc(Cc3cccs3)n2C2CC2)nc2ccccc2c1C. The molecule has 1 aliphatic carbocycles. The standard InChI is InChI=1S/C24H24N4O2S2/c1-3-30-23(29)22-15(2)18-8-4-5-9-19(18)25-20(22)14-32-24-27-26-21(28(24)16-10-11-16)13-17-7-6-12-31-17/h4-9,12,16H,3,10-11,13-14H2,1-2H3. The first kappa shape index (κ1) is 21.2. The van der Waals surface area contributed by atoms with E-state index in [-0.39, 0.29) is 5.97 Å². The lowest BCUT2D eigenvalue weighted by atomic mass is 10.0. The molecule has 1 aromatic carbocycles. The highest BCUT2D eigenvalue weighted by Crippen LogP contribution is 2.40. The smallest absolute Gasteiger partial charge is 0.340 e. The summed E-state index contributed by atoms with van der Waals surface area (Å²) in [6, 6.07) is 12.6. The fourth-order valence-electron chi connectivity index (χ4n) is 3.95. The molecule has 3 aromatic heterocycles. The molecule has 0 radical (unpaired) electrons. The number of hydrogen-bond donors (Lipinski definition) is 0. The van der Waals surface area contributed by atoms with Gasteiger partial charge in [-0.2, -0.15) is 0 Å². The lowest BCUT2D eigenvalue weighted by Gasteiger charge is -2.14. The van der Waals surface area contributed by atoms with Crippen molar-refractivity contribution in [2.75, 3.05) is 6.61 Å². The minimum Gasteiger partial charge on any atom is -0.462 e. The Morgan fingerprint density at radius 2 is 2.06 bits per heavy atom. The van der Waals surface area contributed by atoms with Gasteiger partial charge in [0.15, 0.2) is 5.16 Å². The zero-order valence-corrected chi connectivity index (χ0v) is 19.7. The van der Waals surface area contributed by atoms with Crippen molar-refractivity contribution in [1.29, 1.82) is 0 Å². The van der Waals surface area contributed by atoms with Crippen LogP contribution >= 0.6 is 23.1 Å². The molecule has 1 aliphatic rings. The summed E-state index contributed by atoms with van der Waals surface area (Å²) in [6.45, 7) is 4.12. The summed E-state index contributed by atoms with van der Waals surface area (Å²) in [7, 11) is 0. The third-order valence-electron chi connectivity index (χ3n) is 5.60. The molecule has 0 unspecified atom stereocenters. The van der Waals surface area contributed by atoms with Gasteiger partial charge in [0.25, 0.3) is 0 Å². The van der Waals surface area contributed by atoms with Gasteiger partial charge in [-0.05, 0) is 49.8 Å². The zero-order chi connectivity index (χ0) is 22.1. The maximum Gasteiger partial charge on any atom is 0.340 e. The average molecular weight is 465 g/mol. The van der Waals surface area contributed by atoms with Crippen LogP contribution in [0.3, 0.4) is 0 Å². The largest absolute Gasteiger partial charge is 0.462 e. The summed E-state index contributed by atoms with van der Waals surface area (Å²) in [5, 5.41) is 13.0. The number of thioether (sulfide) groups is 1. The number of fused-ring (bicyclic) bond motifs is 1. The number of nitrogens with zero attached hydrogens (tertiary/aromatic N) is 4. The Morgan fingerprint density at radius 3 is 2.81 bits per heavy atom. The summed E-state index contributed by atoms with van der Waals surface area (Å²) in [4.78, 5) is 18.9. The summed E-state index contributed by atoms with van der Waals surface area (Å²) in [5.41, 5.74) is 3.09. The molecule has 0 bridgehead atoms. The number of para-hydroxylation sites is 1. The van der Waals surface area contributed by atoms with Crippen LogP contribution in [0.25, 0.3) is 10.9 Å². The highest BCUT2D eigenvalue weighted by molar-refractivity contribution is 7.98. The molecule has 3 heterocycles. The molecule has 164 valence electrons. The van der Waals surface area contributed by atoms with Crippen LogP contribution in [0.5, 0.6) is 0 Å². The number of rotatable bonds is 8. The Morgan fingerprint density at radius 1 is 1.22 bits per heavy atom. The molecule has 5 rings (SSSR count). The second kappa shape index (κ2) is 9.03. The molecular formula is C24H24N4O2S2. The van der Waals surface area contributed by atoms with Gasteiger partial charge in [-0.25, -0.2) is 4.79 Å². The predicted molar refractivity (Wildman–Crippen MR) is 127 cm³/mol. The number of carbonyl (C=O) groups excluding carboxylic acids is 1. The Balaban J connectivity index is 1.47. The van der Waals surface area contributed by atoms with Crippen molar-refractivity contribution in [2.24, 2.45) is 0 Å². The van der Waals surface area contributed by atoms with Crippen molar-refractivity contribution >= 4 is 40.0 Å². The third kappa shape index (κ3) is 4.17. The molecule has 1 saturated carbocycles. The van der Waals surface area contributed by atoms with E-state index in [1.807, 2.05) is 38.1 Å². The molecule has 0 spiro atoms. The Hall–Kier alpha value is -2.71. The number of aryl methyl sites for hydroxylation is 1. The van der Waals surface area contributed by atoms with Gasteiger partial charge in [0.05, 0.1) is 23.4 Å². The number of thiophene rings is 1.